The highest BCUT2D eigenvalue weighted by atomic mass is 16.5. The van der Waals surface area contributed by atoms with Crippen molar-refractivity contribution in [3.05, 3.63) is 83.4 Å². The highest BCUT2D eigenvalue weighted by Crippen LogP contribution is 2.36. The van der Waals surface area contributed by atoms with Crippen LogP contribution in [0.1, 0.15) is 39.1 Å². The van der Waals surface area contributed by atoms with Gasteiger partial charge in [0.15, 0.2) is 5.78 Å². The lowest BCUT2D eigenvalue weighted by molar-refractivity contribution is 0.0378. The number of nitrogens with zero attached hydrogens (tertiary/aromatic N) is 1. The molecule has 1 aliphatic carbocycles. The molecular weight excluding hydrogens is 452 g/mol. The Bertz CT molecular complexity index is 1210. The fourth-order valence-electron chi connectivity index (χ4n) is 4.78. The summed E-state index contributed by atoms with van der Waals surface area (Å²) in [5, 5.41) is 9.79. The molecule has 0 saturated carbocycles. The maximum atomic E-state index is 13.0. The van der Waals surface area contributed by atoms with Crippen molar-refractivity contribution in [2.75, 3.05) is 55.3 Å². The van der Waals surface area contributed by atoms with E-state index in [1.165, 1.54) is 0 Å². The molecule has 1 fully saturated rings. The number of carbonyl (C=O) groups is 2. The second-order valence-electron chi connectivity index (χ2n) is 9.19. The minimum absolute atomic E-state index is 0.0636. The van der Waals surface area contributed by atoms with E-state index >= 15 is 0 Å². The van der Waals surface area contributed by atoms with E-state index in [-0.39, 0.29) is 11.7 Å². The van der Waals surface area contributed by atoms with Crippen molar-refractivity contribution in [2.24, 2.45) is 0 Å². The minimum Gasteiger partial charge on any atom is -0.385 e. The van der Waals surface area contributed by atoms with Crippen molar-refractivity contribution in [2.45, 2.75) is 19.3 Å². The first kappa shape index (κ1) is 24.0. The van der Waals surface area contributed by atoms with Gasteiger partial charge in [-0.15, -0.1) is 0 Å². The number of nitrogens with one attached hydrogen (secondary N) is 3. The molecule has 186 valence electrons. The molecule has 7 nitrogen and oxygen atoms in total. The maximum Gasteiger partial charge on any atom is 0.255 e. The van der Waals surface area contributed by atoms with Crippen LogP contribution >= 0.6 is 0 Å². The number of carbonyl (C=O) groups excluding carboxylic acids is 2. The lowest BCUT2D eigenvalue weighted by Crippen LogP contribution is -2.37. The van der Waals surface area contributed by atoms with Gasteiger partial charge in [-0.2, -0.15) is 0 Å². The molecule has 0 spiro atoms. The predicted molar refractivity (Wildman–Crippen MR) is 144 cm³/mol. The molecular formula is C29H32N4O3. The van der Waals surface area contributed by atoms with Gasteiger partial charge in [0.1, 0.15) is 0 Å². The highest BCUT2D eigenvalue weighted by Gasteiger charge is 2.27. The number of para-hydroxylation sites is 1. The summed E-state index contributed by atoms with van der Waals surface area (Å²) in [7, 11) is 0. The van der Waals surface area contributed by atoms with Gasteiger partial charge >= 0.3 is 0 Å². The number of hydrogen-bond acceptors (Lipinski definition) is 6. The SMILES string of the molecule is O=C(Nc1ccc(Nc2ccccc2)c2c1C(=O)CC2)c1ccc(NCCCN2CCOCC2)cc1. The first-order chi connectivity index (χ1) is 17.7. The van der Waals surface area contributed by atoms with Crippen LogP contribution in [-0.2, 0) is 11.2 Å². The van der Waals surface area contributed by atoms with Crippen LogP contribution in [0.4, 0.5) is 22.7 Å². The fraction of sp³-hybridized carbons (Fsp3) is 0.310. The molecule has 0 radical (unpaired) electrons. The molecule has 3 aromatic carbocycles. The van der Waals surface area contributed by atoms with E-state index in [0.29, 0.717) is 29.7 Å². The molecule has 7 heteroatoms. The zero-order valence-corrected chi connectivity index (χ0v) is 20.4. The molecule has 1 heterocycles. The van der Waals surface area contributed by atoms with E-state index in [0.717, 1.165) is 68.4 Å². The summed E-state index contributed by atoms with van der Waals surface area (Å²) < 4.78 is 5.39. The Morgan fingerprint density at radius 2 is 1.61 bits per heavy atom. The van der Waals surface area contributed by atoms with Crippen LogP contribution in [-0.4, -0.2) is 56.0 Å². The van der Waals surface area contributed by atoms with E-state index in [1.54, 1.807) is 0 Å². The zero-order chi connectivity index (χ0) is 24.7. The number of benzene rings is 3. The van der Waals surface area contributed by atoms with Gasteiger partial charge < -0.3 is 20.7 Å². The molecule has 0 atom stereocenters. The van der Waals surface area contributed by atoms with Crippen LogP contribution in [0.25, 0.3) is 0 Å². The summed E-state index contributed by atoms with van der Waals surface area (Å²) >= 11 is 0. The number of hydrogen-bond donors (Lipinski definition) is 3. The number of fused-ring (bicyclic) bond motifs is 1. The van der Waals surface area contributed by atoms with Crippen LogP contribution < -0.4 is 16.0 Å². The number of ether oxygens (including phenoxy) is 1. The summed E-state index contributed by atoms with van der Waals surface area (Å²) in [6.45, 7) is 5.58. The van der Waals surface area contributed by atoms with E-state index in [2.05, 4.69) is 20.9 Å². The molecule has 5 rings (SSSR count). The number of rotatable bonds is 9. The van der Waals surface area contributed by atoms with Crippen LogP contribution in [0.2, 0.25) is 0 Å². The monoisotopic (exact) mass is 484 g/mol. The standard InChI is InChI=1S/C29H32N4O3/c34-27-14-11-24-25(31-23-5-2-1-3-6-23)12-13-26(28(24)27)32-29(35)21-7-9-22(10-8-21)30-15-4-16-33-17-19-36-20-18-33/h1-3,5-10,12-13,30-31H,4,11,14-20H2,(H,32,35). The smallest absolute Gasteiger partial charge is 0.255 e. The lowest BCUT2D eigenvalue weighted by atomic mass is 10.0. The molecule has 36 heavy (non-hydrogen) atoms. The van der Waals surface area contributed by atoms with Crippen molar-refractivity contribution in [1.82, 2.24) is 4.90 Å². The summed E-state index contributed by atoms with van der Waals surface area (Å²) in [4.78, 5) is 28.1. The maximum absolute atomic E-state index is 13.0. The molecule has 0 aromatic heterocycles. The van der Waals surface area contributed by atoms with Crippen molar-refractivity contribution in [3.8, 4) is 0 Å². The number of amides is 1. The predicted octanol–water partition coefficient (Wildman–Crippen LogP) is 4.95. The largest absolute Gasteiger partial charge is 0.385 e. The first-order valence-corrected chi connectivity index (χ1v) is 12.6. The molecule has 3 N–H and O–H groups in total. The second-order valence-corrected chi connectivity index (χ2v) is 9.19. The zero-order valence-electron chi connectivity index (χ0n) is 20.4. The minimum atomic E-state index is -0.223. The quantitative estimate of drug-likeness (QED) is 0.373. The third-order valence-corrected chi connectivity index (χ3v) is 6.73. The number of anilines is 4. The average molecular weight is 485 g/mol. The average Bonchev–Trinajstić information content (AvgIpc) is 3.32. The van der Waals surface area contributed by atoms with Gasteiger partial charge in [0.25, 0.3) is 5.91 Å². The number of ketones is 1. The van der Waals surface area contributed by atoms with Crippen LogP contribution in [0.5, 0.6) is 0 Å². The topological polar surface area (TPSA) is 82.7 Å². The van der Waals surface area contributed by atoms with Gasteiger partial charge in [-0.3, -0.25) is 14.5 Å². The third-order valence-electron chi connectivity index (χ3n) is 6.73. The summed E-state index contributed by atoms with van der Waals surface area (Å²) in [6, 6.07) is 21.1. The third kappa shape index (κ3) is 5.75. The number of morpholine rings is 1. The van der Waals surface area contributed by atoms with Crippen molar-refractivity contribution in [1.29, 1.82) is 0 Å². The van der Waals surface area contributed by atoms with E-state index in [1.807, 2.05) is 66.7 Å². The first-order valence-electron chi connectivity index (χ1n) is 12.6. The Kier molecular flexibility index (Phi) is 7.59. The Balaban J connectivity index is 1.19. The van der Waals surface area contributed by atoms with Crippen molar-refractivity contribution in [3.63, 3.8) is 0 Å². The molecule has 0 bridgehead atoms. The summed E-state index contributed by atoms with van der Waals surface area (Å²) in [5.41, 5.74) is 5.55. The van der Waals surface area contributed by atoms with E-state index < -0.39 is 0 Å². The van der Waals surface area contributed by atoms with Crippen molar-refractivity contribution < 1.29 is 14.3 Å². The molecule has 1 amide bonds. The normalized spacial score (nSPS) is 15.4. The van der Waals surface area contributed by atoms with Gasteiger partial charge in [-0.25, -0.2) is 0 Å². The Morgan fingerprint density at radius 1 is 0.861 bits per heavy atom. The molecule has 0 unspecified atom stereocenters. The van der Waals surface area contributed by atoms with Gasteiger partial charge in [0, 0.05) is 54.2 Å². The summed E-state index contributed by atoms with van der Waals surface area (Å²) in [6.07, 6.45) is 2.17. The van der Waals surface area contributed by atoms with Gasteiger partial charge in [-0.05, 0) is 73.5 Å². The van der Waals surface area contributed by atoms with Crippen LogP contribution in [0, 0.1) is 0 Å². The van der Waals surface area contributed by atoms with Crippen molar-refractivity contribution >= 4 is 34.4 Å². The van der Waals surface area contributed by atoms with Gasteiger partial charge in [0.05, 0.1) is 18.9 Å². The van der Waals surface area contributed by atoms with Crippen LogP contribution in [0.15, 0.2) is 66.7 Å². The Labute approximate surface area is 211 Å². The lowest BCUT2D eigenvalue weighted by Gasteiger charge is -2.26. The second kappa shape index (κ2) is 11.4. The molecule has 2 aliphatic rings. The highest BCUT2D eigenvalue weighted by molar-refractivity contribution is 6.12. The Morgan fingerprint density at radius 3 is 2.39 bits per heavy atom. The van der Waals surface area contributed by atoms with Gasteiger partial charge in [0.2, 0.25) is 0 Å². The number of Topliss-reactive ketones (excluding diaryl/α,β-unsaturated/α-hetero) is 1. The fourth-order valence-corrected chi connectivity index (χ4v) is 4.78. The van der Waals surface area contributed by atoms with Gasteiger partial charge in [-0.1, -0.05) is 18.2 Å². The molecule has 3 aromatic rings. The Hall–Kier alpha value is -3.68. The van der Waals surface area contributed by atoms with E-state index in [9.17, 15) is 9.59 Å². The van der Waals surface area contributed by atoms with E-state index in [4.69, 9.17) is 4.74 Å². The van der Waals surface area contributed by atoms with Crippen LogP contribution in [0.3, 0.4) is 0 Å². The molecule has 1 saturated heterocycles. The molecule has 1 aliphatic heterocycles. The summed E-state index contributed by atoms with van der Waals surface area (Å²) in [5.74, 6) is -0.159.